The van der Waals surface area contributed by atoms with E-state index in [0.29, 0.717) is 41.3 Å². The van der Waals surface area contributed by atoms with Gasteiger partial charge < -0.3 is 10.1 Å². The molecule has 0 radical (unpaired) electrons. The second-order valence-corrected chi connectivity index (χ2v) is 9.45. The minimum atomic E-state index is -0.983. The van der Waals surface area contributed by atoms with Crippen molar-refractivity contribution < 1.29 is 18.5 Å². The third-order valence-corrected chi connectivity index (χ3v) is 7.32. The van der Waals surface area contributed by atoms with Crippen LogP contribution in [0.1, 0.15) is 44.7 Å². The van der Waals surface area contributed by atoms with Gasteiger partial charge >= 0.3 is 0 Å². The number of ketones is 1. The summed E-state index contributed by atoms with van der Waals surface area (Å²) in [7, 11) is -0.983. The molecular weight excluding hydrogens is 422 g/mol. The molecule has 0 saturated carbocycles. The van der Waals surface area contributed by atoms with Crippen LogP contribution in [0.3, 0.4) is 0 Å². The van der Waals surface area contributed by atoms with Gasteiger partial charge in [0.05, 0.1) is 5.56 Å². The van der Waals surface area contributed by atoms with E-state index >= 15 is 0 Å². The van der Waals surface area contributed by atoms with Crippen LogP contribution in [-0.4, -0.2) is 34.4 Å². The van der Waals surface area contributed by atoms with Crippen molar-refractivity contribution in [2.24, 2.45) is 0 Å². The van der Waals surface area contributed by atoms with Gasteiger partial charge in [-0.05, 0) is 36.6 Å². The standard InChI is InChI=1S/C26H25NO4S/c28-25(20-8-2-1-3-9-20)23-11-4-5-12-24(23)26(29)27-21-10-6-7-19(17-21)18-32(30)22-13-15-31-16-14-22/h1-12,17,22H,13-16,18H2,(H,27,29). The second kappa shape index (κ2) is 10.5. The number of benzene rings is 3. The first-order chi connectivity index (χ1) is 15.6. The molecule has 0 aromatic heterocycles. The molecule has 0 bridgehead atoms. The maximum atomic E-state index is 13.0. The van der Waals surface area contributed by atoms with Crippen LogP contribution in [0.2, 0.25) is 0 Å². The number of ether oxygens (including phenoxy) is 1. The number of carbonyl (C=O) groups is 2. The Balaban J connectivity index is 1.48. The van der Waals surface area contributed by atoms with Crippen molar-refractivity contribution in [2.45, 2.75) is 23.8 Å². The van der Waals surface area contributed by atoms with E-state index in [1.54, 1.807) is 54.6 Å². The molecule has 0 aliphatic carbocycles. The predicted molar refractivity (Wildman–Crippen MR) is 126 cm³/mol. The third-order valence-electron chi connectivity index (χ3n) is 5.49. The third kappa shape index (κ3) is 5.39. The van der Waals surface area contributed by atoms with Crippen molar-refractivity contribution >= 4 is 28.2 Å². The first-order valence-electron chi connectivity index (χ1n) is 10.7. The Morgan fingerprint density at radius 1 is 0.875 bits per heavy atom. The molecule has 3 aromatic rings. The van der Waals surface area contributed by atoms with E-state index in [9.17, 15) is 13.8 Å². The zero-order valence-corrected chi connectivity index (χ0v) is 18.5. The molecule has 5 nitrogen and oxygen atoms in total. The minimum absolute atomic E-state index is 0.151. The fraction of sp³-hybridized carbons (Fsp3) is 0.231. The highest BCUT2D eigenvalue weighted by Gasteiger charge is 2.21. The largest absolute Gasteiger partial charge is 0.381 e. The number of carbonyl (C=O) groups excluding carboxylic acids is 2. The van der Waals surface area contributed by atoms with Crippen LogP contribution in [0, 0.1) is 0 Å². The van der Waals surface area contributed by atoms with Gasteiger partial charge in [-0.15, -0.1) is 0 Å². The van der Waals surface area contributed by atoms with Gasteiger partial charge in [-0.25, -0.2) is 0 Å². The Hall–Kier alpha value is -3.09. The molecular formula is C26H25NO4S. The van der Waals surface area contributed by atoms with E-state index in [0.717, 1.165) is 18.4 Å². The van der Waals surface area contributed by atoms with Crippen LogP contribution in [0.5, 0.6) is 0 Å². The summed E-state index contributed by atoms with van der Waals surface area (Å²) in [4.78, 5) is 25.9. The number of rotatable bonds is 7. The van der Waals surface area contributed by atoms with Crippen LogP contribution in [0.4, 0.5) is 5.69 Å². The molecule has 1 amide bonds. The highest BCUT2D eigenvalue weighted by Crippen LogP contribution is 2.20. The van der Waals surface area contributed by atoms with Crippen molar-refractivity contribution in [3.8, 4) is 0 Å². The Morgan fingerprint density at radius 2 is 1.56 bits per heavy atom. The quantitative estimate of drug-likeness (QED) is 0.538. The van der Waals surface area contributed by atoms with Crippen LogP contribution in [-0.2, 0) is 21.3 Å². The number of amides is 1. The molecule has 1 N–H and O–H groups in total. The summed E-state index contributed by atoms with van der Waals surface area (Å²) in [6.45, 7) is 1.32. The van der Waals surface area contributed by atoms with Crippen molar-refractivity contribution in [3.63, 3.8) is 0 Å². The summed E-state index contributed by atoms with van der Waals surface area (Å²) < 4.78 is 18.1. The summed E-state index contributed by atoms with van der Waals surface area (Å²) in [5, 5.41) is 3.04. The van der Waals surface area contributed by atoms with Gasteiger partial charge in [-0.2, -0.15) is 0 Å². The van der Waals surface area contributed by atoms with Gasteiger partial charge in [-0.3, -0.25) is 13.8 Å². The van der Waals surface area contributed by atoms with Crippen LogP contribution in [0.25, 0.3) is 0 Å². The van der Waals surface area contributed by atoms with Gasteiger partial charge in [-0.1, -0.05) is 60.7 Å². The monoisotopic (exact) mass is 447 g/mol. The van der Waals surface area contributed by atoms with Crippen molar-refractivity contribution in [1.82, 2.24) is 0 Å². The number of nitrogens with one attached hydrogen (secondary N) is 1. The zero-order chi connectivity index (χ0) is 22.3. The van der Waals surface area contributed by atoms with E-state index in [-0.39, 0.29) is 16.9 Å². The lowest BCUT2D eigenvalue weighted by Gasteiger charge is -2.21. The molecule has 1 aliphatic rings. The smallest absolute Gasteiger partial charge is 0.256 e. The predicted octanol–water partition coefficient (Wildman–Crippen LogP) is 4.60. The van der Waals surface area contributed by atoms with Crippen molar-refractivity contribution in [2.75, 3.05) is 18.5 Å². The van der Waals surface area contributed by atoms with Crippen LogP contribution >= 0.6 is 0 Å². The van der Waals surface area contributed by atoms with Gasteiger partial charge in [0.1, 0.15) is 0 Å². The van der Waals surface area contributed by atoms with Gasteiger partial charge in [0.15, 0.2) is 5.78 Å². The normalized spacial score (nSPS) is 15.1. The SMILES string of the molecule is O=C(Nc1cccc(CS(=O)C2CCOCC2)c1)c1ccccc1C(=O)c1ccccc1. The summed E-state index contributed by atoms with van der Waals surface area (Å²) in [6.07, 6.45) is 1.63. The molecule has 1 fully saturated rings. The van der Waals surface area contributed by atoms with E-state index in [1.165, 1.54) is 0 Å². The Labute approximate surface area is 190 Å². The molecule has 32 heavy (non-hydrogen) atoms. The van der Waals surface area contributed by atoms with Crippen LogP contribution < -0.4 is 5.32 Å². The molecule has 3 aromatic carbocycles. The molecule has 1 aliphatic heterocycles. The molecule has 4 rings (SSSR count). The maximum Gasteiger partial charge on any atom is 0.256 e. The lowest BCUT2D eigenvalue weighted by Crippen LogP contribution is -2.25. The second-order valence-electron chi connectivity index (χ2n) is 7.73. The molecule has 1 unspecified atom stereocenters. The fourth-order valence-electron chi connectivity index (χ4n) is 3.78. The van der Waals surface area contributed by atoms with Crippen molar-refractivity contribution in [1.29, 1.82) is 0 Å². The Kier molecular flexibility index (Phi) is 7.24. The zero-order valence-electron chi connectivity index (χ0n) is 17.7. The first-order valence-corrected chi connectivity index (χ1v) is 12.0. The van der Waals surface area contributed by atoms with Crippen LogP contribution in [0.15, 0.2) is 78.9 Å². The molecule has 6 heteroatoms. The summed E-state index contributed by atoms with van der Waals surface area (Å²) in [6, 6.07) is 23.1. The first kappa shape index (κ1) is 22.1. The molecule has 0 spiro atoms. The average molecular weight is 448 g/mol. The highest BCUT2D eigenvalue weighted by atomic mass is 32.2. The summed E-state index contributed by atoms with van der Waals surface area (Å²) >= 11 is 0. The number of hydrogen-bond donors (Lipinski definition) is 1. The highest BCUT2D eigenvalue weighted by molar-refractivity contribution is 7.84. The van der Waals surface area contributed by atoms with Crippen molar-refractivity contribution in [3.05, 3.63) is 101 Å². The van der Waals surface area contributed by atoms with E-state index in [4.69, 9.17) is 4.74 Å². The summed E-state index contributed by atoms with van der Waals surface area (Å²) in [5.41, 5.74) is 2.72. The Bertz CT molecular complexity index is 1120. The number of anilines is 1. The molecule has 1 atom stereocenters. The molecule has 1 saturated heterocycles. The fourth-order valence-corrected chi connectivity index (χ4v) is 5.24. The lowest BCUT2D eigenvalue weighted by molar-refractivity contribution is 0.0991. The number of hydrogen-bond acceptors (Lipinski definition) is 4. The Morgan fingerprint density at radius 3 is 2.31 bits per heavy atom. The van der Waals surface area contributed by atoms with Gasteiger partial charge in [0.25, 0.3) is 5.91 Å². The summed E-state index contributed by atoms with van der Waals surface area (Å²) in [5.74, 6) is -0.109. The van der Waals surface area contributed by atoms with Gasteiger partial charge in [0, 0.05) is 51.8 Å². The average Bonchev–Trinajstić information content (AvgIpc) is 2.85. The van der Waals surface area contributed by atoms with E-state index in [1.807, 2.05) is 24.3 Å². The van der Waals surface area contributed by atoms with Gasteiger partial charge in [0.2, 0.25) is 0 Å². The van der Waals surface area contributed by atoms with E-state index < -0.39 is 10.8 Å². The maximum absolute atomic E-state index is 13.0. The molecule has 1 heterocycles. The van der Waals surface area contributed by atoms with E-state index in [2.05, 4.69) is 5.32 Å². The topological polar surface area (TPSA) is 72.5 Å². The minimum Gasteiger partial charge on any atom is -0.381 e. The molecule has 164 valence electrons. The lowest BCUT2D eigenvalue weighted by atomic mass is 9.98.